The van der Waals surface area contributed by atoms with Crippen molar-refractivity contribution in [2.45, 2.75) is 72.4 Å². The van der Waals surface area contributed by atoms with Crippen LogP contribution < -0.4 is 10.6 Å². The van der Waals surface area contributed by atoms with Crippen molar-refractivity contribution in [1.82, 2.24) is 10.6 Å². The van der Waals surface area contributed by atoms with E-state index in [1.54, 1.807) is 7.11 Å². The Morgan fingerprint density at radius 2 is 1.45 bits per heavy atom. The highest BCUT2D eigenvalue weighted by Crippen LogP contribution is 2.13. The van der Waals surface area contributed by atoms with Gasteiger partial charge in [-0.3, -0.25) is 9.59 Å². The van der Waals surface area contributed by atoms with Crippen LogP contribution in [0.5, 0.6) is 0 Å². The Labute approximate surface area is 199 Å². The average Bonchev–Trinajstić information content (AvgIpc) is 2.74. The van der Waals surface area contributed by atoms with Crippen LogP contribution in [0.15, 0.2) is 12.3 Å². The molecule has 2 aliphatic heterocycles. The summed E-state index contributed by atoms with van der Waals surface area (Å²) < 4.78 is 19.6. The molecule has 9 nitrogen and oxygen atoms in total. The van der Waals surface area contributed by atoms with E-state index in [4.69, 9.17) is 14.2 Å². The lowest BCUT2D eigenvalue weighted by molar-refractivity contribution is -0.144. The quantitative estimate of drug-likeness (QED) is 0.267. The van der Waals surface area contributed by atoms with Crippen molar-refractivity contribution in [3.05, 3.63) is 12.3 Å². The van der Waals surface area contributed by atoms with Crippen LogP contribution in [0.4, 0.5) is 0 Å². The molecule has 1 amide bonds. The van der Waals surface area contributed by atoms with Gasteiger partial charge in [0.05, 0.1) is 46.0 Å². The van der Waals surface area contributed by atoms with Gasteiger partial charge in [0.2, 0.25) is 5.91 Å². The van der Waals surface area contributed by atoms with Gasteiger partial charge >= 0.3 is 5.97 Å². The third kappa shape index (κ3) is 20.4. The zero-order valence-corrected chi connectivity index (χ0v) is 21.7. The highest BCUT2D eigenvalue weighted by Gasteiger charge is 2.28. The van der Waals surface area contributed by atoms with Crippen LogP contribution in [-0.2, 0) is 33.3 Å². The molecule has 0 radical (unpaired) electrons. The molecule has 0 unspecified atom stereocenters. The van der Waals surface area contributed by atoms with E-state index in [1.807, 2.05) is 0 Å². The first-order valence-corrected chi connectivity index (χ1v) is 11.6. The third-order valence-corrected chi connectivity index (χ3v) is 4.50. The molecule has 2 saturated heterocycles. The number of esters is 1. The van der Waals surface area contributed by atoms with Gasteiger partial charge in [0.1, 0.15) is 6.04 Å². The van der Waals surface area contributed by atoms with E-state index in [9.17, 15) is 14.4 Å². The minimum Gasteiger partial charge on any atom is -0.467 e. The van der Waals surface area contributed by atoms with Gasteiger partial charge in [-0.2, -0.15) is 0 Å². The Morgan fingerprint density at radius 1 is 0.970 bits per heavy atom. The first kappa shape index (κ1) is 33.2. The minimum absolute atomic E-state index is 0.0230. The monoisotopic (exact) mass is 474 g/mol. The molecule has 0 aromatic carbocycles. The molecular formula is C24H46N2O7. The summed E-state index contributed by atoms with van der Waals surface area (Å²) in [6.45, 7) is 17.3. The highest BCUT2D eigenvalue weighted by atomic mass is 16.5. The topological polar surface area (TPSA) is 112 Å². The molecule has 194 valence electrons. The van der Waals surface area contributed by atoms with Gasteiger partial charge < -0.3 is 29.6 Å². The normalized spacial score (nSPS) is 17.8. The van der Waals surface area contributed by atoms with Crippen LogP contribution in [0.3, 0.4) is 0 Å². The van der Waals surface area contributed by atoms with Crippen molar-refractivity contribution in [2.75, 3.05) is 47.3 Å². The summed E-state index contributed by atoms with van der Waals surface area (Å²) in [5.74, 6) is 0.701. The second kappa shape index (κ2) is 21.9. The van der Waals surface area contributed by atoms with Crippen LogP contribution in [0, 0.1) is 5.92 Å². The minimum atomic E-state index is -0.206. The summed E-state index contributed by atoms with van der Waals surface area (Å²) in [6, 6.07) is -0.315. The van der Waals surface area contributed by atoms with Crippen LogP contribution >= 0.6 is 0 Å². The Morgan fingerprint density at radius 3 is 1.76 bits per heavy atom. The molecule has 0 saturated carbocycles. The molecule has 9 heteroatoms. The Bertz CT molecular complexity index is 529. The van der Waals surface area contributed by atoms with Crippen LogP contribution in [-0.4, -0.2) is 77.0 Å². The number of ether oxygens (including phenoxy) is 4. The number of carbonyl (C=O) groups is 3. The molecule has 0 bridgehead atoms. The third-order valence-electron chi connectivity index (χ3n) is 4.50. The van der Waals surface area contributed by atoms with Gasteiger partial charge in [-0.1, -0.05) is 40.7 Å². The first-order chi connectivity index (χ1) is 15.6. The molecule has 2 aliphatic rings. The van der Waals surface area contributed by atoms with Crippen LogP contribution in [0.2, 0.25) is 0 Å². The number of rotatable bonds is 11. The standard InChI is InChI=1S/C8H18O3.C6H9NO2.C5H7NO2.C5H12/c1-3-4-10-7-8-11-6-5-9-2;1-4-3-5(7-4)6(8)9-2;1-3(7)4-2-5(8)6-4;1-4-5(2)3/h3-8H2,1-2H3;5,7H,1,3H2,2H3;4H,2H2,1H3,(H,6,8);5H,4H2,1-3H3/t;5-;4-;/m.00./s1. The lowest BCUT2D eigenvalue weighted by atomic mass is 10.0. The summed E-state index contributed by atoms with van der Waals surface area (Å²) in [6.07, 6.45) is 3.47. The van der Waals surface area contributed by atoms with Crippen LogP contribution in [0.25, 0.3) is 0 Å². The summed E-state index contributed by atoms with van der Waals surface area (Å²) in [7, 11) is 3.04. The molecule has 0 aromatic heterocycles. The predicted octanol–water partition coefficient (Wildman–Crippen LogP) is 2.63. The number of ketones is 1. The number of hydrogen-bond acceptors (Lipinski definition) is 8. The van der Waals surface area contributed by atoms with E-state index in [1.165, 1.54) is 20.5 Å². The second-order valence-electron chi connectivity index (χ2n) is 7.98. The van der Waals surface area contributed by atoms with E-state index >= 15 is 0 Å². The van der Waals surface area contributed by atoms with Gasteiger partial charge in [0.15, 0.2) is 5.78 Å². The van der Waals surface area contributed by atoms with Crippen molar-refractivity contribution in [1.29, 1.82) is 0 Å². The van der Waals surface area contributed by atoms with E-state index < -0.39 is 0 Å². The lowest BCUT2D eigenvalue weighted by Gasteiger charge is -2.28. The molecule has 2 N–H and O–H groups in total. The maximum atomic E-state index is 10.6. The largest absolute Gasteiger partial charge is 0.467 e. The highest BCUT2D eigenvalue weighted by molar-refractivity contribution is 5.97. The van der Waals surface area contributed by atoms with Crippen molar-refractivity contribution < 1.29 is 33.3 Å². The average molecular weight is 475 g/mol. The van der Waals surface area contributed by atoms with Crippen molar-refractivity contribution in [3.8, 4) is 0 Å². The number of carbonyl (C=O) groups excluding carboxylic acids is 3. The maximum absolute atomic E-state index is 10.6. The fraction of sp³-hybridized carbons (Fsp3) is 0.792. The van der Waals surface area contributed by atoms with Gasteiger partial charge in [-0.05, 0) is 19.3 Å². The van der Waals surface area contributed by atoms with Crippen molar-refractivity contribution >= 4 is 17.7 Å². The Hall–Kier alpha value is -1.97. The van der Waals surface area contributed by atoms with E-state index in [2.05, 4.69) is 49.6 Å². The maximum Gasteiger partial charge on any atom is 0.328 e. The number of amides is 1. The van der Waals surface area contributed by atoms with Gasteiger partial charge in [0.25, 0.3) is 0 Å². The number of hydrogen-bond donors (Lipinski definition) is 2. The molecule has 0 aromatic rings. The summed E-state index contributed by atoms with van der Waals surface area (Å²) >= 11 is 0. The number of Topliss-reactive ketones (excluding diaryl/α,β-unsaturated/α-hetero) is 1. The molecule has 2 heterocycles. The van der Waals surface area contributed by atoms with Gasteiger partial charge in [-0.25, -0.2) is 4.79 Å². The fourth-order valence-electron chi connectivity index (χ4n) is 1.97. The van der Waals surface area contributed by atoms with Crippen molar-refractivity contribution in [2.24, 2.45) is 5.92 Å². The Kier molecular flexibility index (Phi) is 22.0. The lowest BCUT2D eigenvalue weighted by Crippen LogP contribution is -2.52. The zero-order valence-electron chi connectivity index (χ0n) is 21.7. The summed E-state index contributed by atoms with van der Waals surface area (Å²) in [5.41, 5.74) is 0.908. The molecular weight excluding hydrogens is 428 g/mol. The van der Waals surface area contributed by atoms with Crippen molar-refractivity contribution in [3.63, 3.8) is 0 Å². The molecule has 33 heavy (non-hydrogen) atoms. The van der Waals surface area contributed by atoms with Gasteiger partial charge in [0, 0.05) is 25.8 Å². The van der Waals surface area contributed by atoms with E-state index in [0.717, 1.165) is 24.6 Å². The SMILES string of the molecule is C=C1C[C@@H](C(=O)OC)N1.CC(=O)[C@@H]1CC(=O)N1.CCC(C)C.CCCOCCOCCOC. The summed E-state index contributed by atoms with van der Waals surface area (Å²) in [5, 5.41) is 5.28. The predicted molar refractivity (Wildman–Crippen MR) is 129 cm³/mol. The van der Waals surface area contributed by atoms with Crippen LogP contribution in [0.1, 0.15) is 60.3 Å². The van der Waals surface area contributed by atoms with E-state index in [0.29, 0.717) is 39.3 Å². The number of methoxy groups -OCH3 is 2. The molecule has 2 rings (SSSR count). The summed E-state index contributed by atoms with van der Waals surface area (Å²) in [4.78, 5) is 31.1. The molecule has 0 aliphatic carbocycles. The fourth-order valence-corrected chi connectivity index (χ4v) is 1.97. The molecule has 2 fully saturated rings. The smallest absolute Gasteiger partial charge is 0.328 e. The zero-order chi connectivity index (χ0) is 25.6. The molecule has 2 atom stereocenters. The number of β-lactam (4-membered cyclic amide) rings is 1. The second-order valence-corrected chi connectivity index (χ2v) is 7.98. The first-order valence-electron chi connectivity index (χ1n) is 11.6. The van der Waals surface area contributed by atoms with Gasteiger partial charge in [-0.15, -0.1) is 0 Å². The Balaban J connectivity index is 0. The molecule has 0 spiro atoms. The number of nitrogens with one attached hydrogen (secondary N) is 2. The van der Waals surface area contributed by atoms with E-state index in [-0.39, 0.29) is 29.7 Å².